The molecule has 1 fully saturated rings. The van der Waals surface area contributed by atoms with Crippen LogP contribution in [-0.4, -0.2) is 42.4 Å². The molecule has 1 heterocycles. The molecule has 0 radical (unpaired) electrons. The zero-order valence-electron chi connectivity index (χ0n) is 8.33. The first-order valence-corrected chi connectivity index (χ1v) is 5.65. The Kier molecular flexibility index (Phi) is 2.56. The van der Waals surface area contributed by atoms with E-state index >= 15 is 0 Å². The van der Waals surface area contributed by atoms with Gasteiger partial charge in [0.1, 0.15) is 6.54 Å². The van der Waals surface area contributed by atoms with Crippen molar-refractivity contribution in [3.8, 4) is 0 Å². The van der Waals surface area contributed by atoms with Crippen LogP contribution in [0.15, 0.2) is 0 Å². The molecule has 8 heteroatoms. The number of hydrogen-bond donors (Lipinski definition) is 1. The van der Waals surface area contributed by atoms with Crippen LogP contribution in [0.2, 0.25) is 0 Å². The smallest absolute Gasteiger partial charge is 0.278 e. The van der Waals surface area contributed by atoms with Crippen molar-refractivity contribution in [2.75, 3.05) is 13.1 Å². The SMILES string of the molecule is CC1(C)C(=O)N(CC(F)(F)CN)S1(=O)=O. The number of hydrogen-bond acceptors (Lipinski definition) is 4. The maximum atomic E-state index is 12.8. The average molecular weight is 242 g/mol. The summed E-state index contributed by atoms with van der Waals surface area (Å²) < 4.78 is 47.0. The van der Waals surface area contributed by atoms with Crippen LogP contribution in [0.3, 0.4) is 0 Å². The van der Waals surface area contributed by atoms with Gasteiger partial charge in [0.2, 0.25) is 0 Å². The van der Waals surface area contributed by atoms with Gasteiger partial charge in [-0.3, -0.25) is 4.79 Å². The Labute approximate surface area is 86.3 Å². The van der Waals surface area contributed by atoms with E-state index in [0.29, 0.717) is 0 Å². The van der Waals surface area contributed by atoms with Gasteiger partial charge >= 0.3 is 0 Å². The van der Waals surface area contributed by atoms with Gasteiger partial charge in [-0.2, -0.15) is 0 Å². The van der Waals surface area contributed by atoms with E-state index in [1.54, 1.807) is 0 Å². The summed E-state index contributed by atoms with van der Waals surface area (Å²) in [5.74, 6) is -4.20. The lowest BCUT2D eigenvalue weighted by molar-refractivity contribution is -0.136. The third-order valence-electron chi connectivity index (χ3n) is 2.35. The minimum Gasteiger partial charge on any atom is -0.325 e. The minimum absolute atomic E-state index is 0.180. The largest absolute Gasteiger partial charge is 0.325 e. The van der Waals surface area contributed by atoms with Crippen molar-refractivity contribution in [1.29, 1.82) is 0 Å². The Morgan fingerprint density at radius 1 is 1.47 bits per heavy atom. The van der Waals surface area contributed by atoms with Gasteiger partial charge in [0, 0.05) is 0 Å². The molecule has 1 aliphatic heterocycles. The summed E-state index contributed by atoms with van der Waals surface area (Å²) in [4.78, 5) is 11.3. The summed E-state index contributed by atoms with van der Waals surface area (Å²) >= 11 is 0. The number of halogens is 2. The molecule has 0 atom stereocenters. The number of alkyl halides is 2. The van der Waals surface area contributed by atoms with Crippen LogP contribution in [0, 0.1) is 0 Å². The third kappa shape index (κ3) is 1.61. The van der Waals surface area contributed by atoms with Gasteiger partial charge in [0.05, 0.1) is 6.54 Å². The van der Waals surface area contributed by atoms with Gasteiger partial charge in [-0.1, -0.05) is 0 Å². The normalized spacial score (nSPS) is 23.8. The van der Waals surface area contributed by atoms with Crippen molar-refractivity contribution in [3.63, 3.8) is 0 Å². The van der Waals surface area contributed by atoms with E-state index in [2.05, 4.69) is 0 Å². The lowest BCUT2D eigenvalue weighted by Gasteiger charge is -2.43. The van der Waals surface area contributed by atoms with E-state index in [-0.39, 0.29) is 4.31 Å². The molecule has 0 aromatic carbocycles. The first kappa shape index (κ1) is 12.3. The molecule has 15 heavy (non-hydrogen) atoms. The molecule has 1 aliphatic rings. The highest BCUT2D eigenvalue weighted by Crippen LogP contribution is 2.36. The lowest BCUT2D eigenvalue weighted by atomic mass is 10.2. The number of carbonyl (C=O) groups is 1. The highest BCUT2D eigenvalue weighted by atomic mass is 32.2. The molecule has 0 bridgehead atoms. The summed E-state index contributed by atoms with van der Waals surface area (Å²) in [6.07, 6.45) is 0. The molecule has 88 valence electrons. The molecule has 1 amide bonds. The van der Waals surface area contributed by atoms with Gasteiger partial charge in [0.15, 0.2) is 4.75 Å². The van der Waals surface area contributed by atoms with Crippen LogP contribution >= 0.6 is 0 Å². The summed E-state index contributed by atoms with van der Waals surface area (Å²) in [5.41, 5.74) is 4.75. The zero-order chi connectivity index (χ0) is 12.1. The van der Waals surface area contributed by atoms with Crippen LogP contribution < -0.4 is 5.73 Å². The van der Waals surface area contributed by atoms with Crippen LogP contribution in [0.4, 0.5) is 8.78 Å². The Hall–Kier alpha value is -0.760. The maximum Gasteiger partial charge on any atom is 0.278 e. The summed E-state index contributed by atoms with van der Waals surface area (Å²) in [6, 6.07) is 0. The molecule has 5 nitrogen and oxygen atoms in total. The molecule has 0 aromatic rings. The number of rotatable bonds is 3. The van der Waals surface area contributed by atoms with Gasteiger partial charge in [0.25, 0.3) is 21.9 Å². The Balaban J connectivity index is 2.90. The number of nitrogens with two attached hydrogens (primary N) is 1. The molecule has 0 spiro atoms. The van der Waals surface area contributed by atoms with Crippen molar-refractivity contribution in [3.05, 3.63) is 0 Å². The zero-order valence-corrected chi connectivity index (χ0v) is 9.14. The van der Waals surface area contributed by atoms with Crippen molar-refractivity contribution >= 4 is 15.9 Å². The molecular formula is C7H12F2N2O3S. The maximum absolute atomic E-state index is 12.8. The molecule has 0 unspecified atom stereocenters. The van der Waals surface area contributed by atoms with Crippen molar-refractivity contribution in [1.82, 2.24) is 4.31 Å². The Morgan fingerprint density at radius 2 is 1.93 bits per heavy atom. The number of amides is 1. The molecule has 0 saturated carbocycles. The Morgan fingerprint density at radius 3 is 2.27 bits per heavy atom. The topological polar surface area (TPSA) is 80.5 Å². The second kappa shape index (κ2) is 3.11. The second-order valence-electron chi connectivity index (χ2n) is 3.89. The summed E-state index contributed by atoms with van der Waals surface area (Å²) in [5, 5.41) is 0. The first-order valence-electron chi connectivity index (χ1n) is 4.21. The number of carbonyl (C=O) groups excluding carboxylic acids is 1. The van der Waals surface area contributed by atoms with E-state index in [0.717, 1.165) is 0 Å². The van der Waals surface area contributed by atoms with Crippen molar-refractivity contribution in [2.45, 2.75) is 24.5 Å². The van der Waals surface area contributed by atoms with Crippen LogP contribution in [0.25, 0.3) is 0 Å². The highest BCUT2D eigenvalue weighted by Gasteiger charge is 2.61. The fraction of sp³-hybridized carbons (Fsp3) is 0.857. The van der Waals surface area contributed by atoms with Gasteiger partial charge in [-0.05, 0) is 13.8 Å². The predicted octanol–water partition coefficient (Wildman–Crippen LogP) is -0.469. The van der Waals surface area contributed by atoms with E-state index in [1.807, 2.05) is 0 Å². The number of nitrogens with zero attached hydrogens (tertiary/aromatic N) is 1. The van der Waals surface area contributed by atoms with Crippen molar-refractivity contribution < 1.29 is 22.0 Å². The summed E-state index contributed by atoms with van der Waals surface area (Å²) in [6.45, 7) is 0.199. The first-order chi connectivity index (χ1) is 6.56. The molecule has 1 rings (SSSR count). The van der Waals surface area contributed by atoms with E-state index in [1.165, 1.54) is 13.8 Å². The molecule has 1 saturated heterocycles. The van der Waals surface area contributed by atoms with E-state index < -0.39 is 39.7 Å². The highest BCUT2D eigenvalue weighted by molar-refractivity contribution is 7.94. The second-order valence-corrected chi connectivity index (χ2v) is 6.30. The van der Waals surface area contributed by atoms with Crippen LogP contribution in [0.5, 0.6) is 0 Å². The van der Waals surface area contributed by atoms with Crippen LogP contribution in [0.1, 0.15) is 13.8 Å². The molecular weight excluding hydrogens is 230 g/mol. The van der Waals surface area contributed by atoms with Gasteiger partial charge < -0.3 is 5.73 Å². The summed E-state index contributed by atoms with van der Waals surface area (Å²) in [7, 11) is -3.94. The van der Waals surface area contributed by atoms with Gasteiger partial charge in [-0.15, -0.1) is 0 Å². The Bertz CT molecular complexity index is 391. The average Bonchev–Trinajstić information content (AvgIpc) is 2.12. The molecule has 2 N–H and O–H groups in total. The minimum atomic E-state index is -3.94. The van der Waals surface area contributed by atoms with E-state index in [4.69, 9.17) is 5.73 Å². The lowest BCUT2D eigenvalue weighted by Crippen LogP contribution is -2.69. The van der Waals surface area contributed by atoms with Gasteiger partial charge in [-0.25, -0.2) is 21.5 Å². The predicted molar refractivity (Wildman–Crippen MR) is 48.7 cm³/mol. The number of sulfonamides is 1. The fourth-order valence-corrected chi connectivity index (χ4v) is 2.74. The van der Waals surface area contributed by atoms with Crippen molar-refractivity contribution in [2.24, 2.45) is 5.73 Å². The molecule has 0 aliphatic carbocycles. The molecule has 0 aromatic heterocycles. The van der Waals surface area contributed by atoms with E-state index in [9.17, 15) is 22.0 Å². The third-order valence-corrected chi connectivity index (χ3v) is 4.69. The van der Waals surface area contributed by atoms with Crippen LogP contribution in [-0.2, 0) is 14.8 Å². The fourth-order valence-electron chi connectivity index (χ4n) is 1.19. The monoisotopic (exact) mass is 242 g/mol. The quantitative estimate of drug-likeness (QED) is 0.725. The standard InChI is InChI=1S/C7H12F2N2O3S/c1-6(2)5(12)11(15(6,13)14)4-7(8,9)3-10/h3-4,10H2,1-2H3.